The summed E-state index contributed by atoms with van der Waals surface area (Å²) in [7, 11) is 0. The van der Waals surface area contributed by atoms with Gasteiger partial charge in [0, 0.05) is 24.2 Å². The maximum Gasteiger partial charge on any atom is 0.123 e. The molecule has 0 amide bonds. The first-order valence-electron chi connectivity index (χ1n) is 8.05. The molecule has 1 saturated heterocycles. The van der Waals surface area contributed by atoms with E-state index in [1.54, 1.807) is 0 Å². The van der Waals surface area contributed by atoms with Gasteiger partial charge in [0.1, 0.15) is 5.75 Å². The highest BCUT2D eigenvalue weighted by atomic mass is 16.5. The summed E-state index contributed by atoms with van der Waals surface area (Å²) in [6.45, 7) is 6.24. The number of nitrogens with one attached hydrogen (secondary N) is 1. The van der Waals surface area contributed by atoms with Gasteiger partial charge in [0.05, 0.1) is 6.61 Å². The van der Waals surface area contributed by atoms with E-state index in [9.17, 15) is 0 Å². The van der Waals surface area contributed by atoms with Crippen molar-refractivity contribution in [1.82, 2.24) is 10.2 Å². The lowest BCUT2D eigenvalue weighted by Crippen LogP contribution is -2.43. The predicted molar refractivity (Wildman–Crippen MR) is 82.1 cm³/mol. The number of hydrogen-bond donors (Lipinski definition) is 1. The van der Waals surface area contributed by atoms with E-state index in [4.69, 9.17) is 4.74 Å². The van der Waals surface area contributed by atoms with Crippen LogP contribution < -0.4 is 10.1 Å². The van der Waals surface area contributed by atoms with Crippen LogP contribution in [0.2, 0.25) is 0 Å². The van der Waals surface area contributed by atoms with E-state index in [1.807, 2.05) is 13.0 Å². The molecular formula is C17H26N2O. The molecule has 1 aromatic rings. The Morgan fingerprint density at radius 1 is 1.15 bits per heavy atom. The van der Waals surface area contributed by atoms with Crippen LogP contribution >= 0.6 is 0 Å². The first-order valence-corrected chi connectivity index (χ1v) is 8.05. The van der Waals surface area contributed by atoms with Crippen LogP contribution in [0.3, 0.4) is 0 Å². The zero-order valence-electron chi connectivity index (χ0n) is 12.5. The van der Waals surface area contributed by atoms with Crippen molar-refractivity contribution in [2.75, 3.05) is 19.7 Å². The molecule has 1 saturated carbocycles. The summed E-state index contributed by atoms with van der Waals surface area (Å²) in [5.74, 6) is 1.03. The van der Waals surface area contributed by atoms with Crippen molar-refractivity contribution in [2.45, 2.75) is 51.2 Å². The molecule has 110 valence electrons. The average Bonchev–Trinajstić information content (AvgIpc) is 3.32. The van der Waals surface area contributed by atoms with Gasteiger partial charge in [-0.15, -0.1) is 0 Å². The van der Waals surface area contributed by atoms with Crippen LogP contribution in [0, 0.1) is 0 Å². The number of piperidine rings is 1. The molecule has 1 aliphatic heterocycles. The number of para-hydroxylation sites is 1. The van der Waals surface area contributed by atoms with Crippen molar-refractivity contribution in [3.05, 3.63) is 29.8 Å². The standard InChI is InChI=1S/C17H26N2O/c1-2-20-17-6-4-3-5-14(17)13-18-15-9-11-19(12-10-15)16-7-8-16/h3-6,15-16,18H,2,7-13H2,1H3. The molecule has 2 fully saturated rings. The summed E-state index contributed by atoms with van der Waals surface area (Å²) in [6, 6.07) is 9.96. The van der Waals surface area contributed by atoms with E-state index in [1.165, 1.54) is 44.3 Å². The van der Waals surface area contributed by atoms with E-state index in [0.29, 0.717) is 6.04 Å². The van der Waals surface area contributed by atoms with Gasteiger partial charge in [-0.3, -0.25) is 0 Å². The molecule has 20 heavy (non-hydrogen) atoms. The minimum Gasteiger partial charge on any atom is -0.494 e. The van der Waals surface area contributed by atoms with Crippen LogP contribution in [0.15, 0.2) is 24.3 Å². The second kappa shape index (κ2) is 6.59. The van der Waals surface area contributed by atoms with Gasteiger partial charge in [-0.05, 0) is 51.8 Å². The molecule has 1 heterocycles. The molecule has 0 spiro atoms. The fraction of sp³-hybridized carbons (Fsp3) is 0.647. The maximum atomic E-state index is 5.69. The summed E-state index contributed by atoms with van der Waals surface area (Å²) in [5, 5.41) is 3.71. The Kier molecular flexibility index (Phi) is 4.58. The van der Waals surface area contributed by atoms with E-state index in [0.717, 1.165) is 24.9 Å². The second-order valence-electron chi connectivity index (χ2n) is 5.96. The SMILES string of the molecule is CCOc1ccccc1CNC1CCN(C2CC2)CC1. The number of rotatable bonds is 6. The molecule has 3 nitrogen and oxygen atoms in total. The zero-order chi connectivity index (χ0) is 13.8. The third-order valence-electron chi connectivity index (χ3n) is 4.45. The molecule has 0 bridgehead atoms. The molecule has 1 aliphatic carbocycles. The van der Waals surface area contributed by atoms with Crippen LogP contribution in [-0.4, -0.2) is 36.7 Å². The van der Waals surface area contributed by atoms with E-state index in [2.05, 4.69) is 28.4 Å². The van der Waals surface area contributed by atoms with Gasteiger partial charge in [0.2, 0.25) is 0 Å². The lowest BCUT2D eigenvalue weighted by molar-refractivity contribution is 0.189. The number of likely N-dealkylation sites (tertiary alicyclic amines) is 1. The van der Waals surface area contributed by atoms with Crippen LogP contribution in [0.1, 0.15) is 38.2 Å². The van der Waals surface area contributed by atoms with Gasteiger partial charge in [-0.1, -0.05) is 18.2 Å². The summed E-state index contributed by atoms with van der Waals surface area (Å²) in [5.41, 5.74) is 1.28. The van der Waals surface area contributed by atoms with Gasteiger partial charge in [-0.2, -0.15) is 0 Å². The van der Waals surface area contributed by atoms with E-state index >= 15 is 0 Å². The molecular weight excluding hydrogens is 248 g/mol. The molecule has 0 aromatic heterocycles. The molecule has 0 unspecified atom stereocenters. The highest BCUT2D eigenvalue weighted by molar-refractivity contribution is 5.33. The number of ether oxygens (including phenoxy) is 1. The van der Waals surface area contributed by atoms with E-state index < -0.39 is 0 Å². The van der Waals surface area contributed by atoms with Gasteiger partial charge in [0.25, 0.3) is 0 Å². The first kappa shape index (κ1) is 13.9. The summed E-state index contributed by atoms with van der Waals surface area (Å²) < 4.78 is 5.69. The molecule has 3 rings (SSSR count). The third-order valence-corrected chi connectivity index (χ3v) is 4.45. The maximum absolute atomic E-state index is 5.69. The Morgan fingerprint density at radius 3 is 2.60 bits per heavy atom. The second-order valence-corrected chi connectivity index (χ2v) is 5.96. The van der Waals surface area contributed by atoms with Gasteiger partial charge in [0.15, 0.2) is 0 Å². The Balaban J connectivity index is 1.47. The van der Waals surface area contributed by atoms with Gasteiger partial charge >= 0.3 is 0 Å². The molecule has 3 heteroatoms. The topological polar surface area (TPSA) is 24.5 Å². The Bertz CT molecular complexity index is 423. The van der Waals surface area contributed by atoms with Crippen molar-refractivity contribution >= 4 is 0 Å². The minimum atomic E-state index is 0.666. The predicted octanol–water partition coefficient (Wildman–Crippen LogP) is 2.80. The zero-order valence-corrected chi connectivity index (χ0v) is 12.5. The summed E-state index contributed by atoms with van der Waals surface area (Å²) >= 11 is 0. The van der Waals surface area contributed by atoms with Gasteiger partial charge in [-0.25, -0.2) is 0 Å². The van der Waals surface area contributed by atoms with Crippen LogP contribution in [0.25, 0.3) is 0 Å². The Morgan fingerprint density at radius 2 is 1.90 bits per heavy atom. The monoisotopic (exact) mass is 274 g/mol. The van der Waals surface area contributed by atoms with Crippen molar-refractivity contribution in [3.8, 4) is 5.75 Å². The largest absolute Gasteiger partial charge is 0.494 e. The highest BCUT2D eigenvalue weighted by Gasteiger charge is 2.31. The normalized spacial score (nSPS) is 21.1. The molecule has 1 N–H and O–H groups in total. The highest BCUT2D eigenvalue weighted by Crippen LogP contribution is 2.29. The lowest BCUT2D eigenvalue weighted by atomic mass is 10.0. The number of nitrogens with zero attached hydrogens (tertiary/aromatic N) is 1. The first-order chi connectivity index (χ1) is 9.86. The quantitative estimate of drug-likeness (QED) is 0.863. The average molecular weight is 274 g/mol. The van der Waals surface area contributed by atoms with Crippen LogP contribution in [0.4, 0.5) is 0 Å². The summed E-state index contributed by atoms with van der Waals surface area (Å²) in [6.07, 6.45) is 5.43. The lowest BCUT2D eigenvalue weighted by Gasteiger charge is -2.32. The molecule has 1 aromatic carbocycles. The molecule has 0 radical (unpaired) electrons. The fourth-order valence-corrected chi connectivity index (χ4v) is 3.11. The Hall–Kier alpha value is -1.06. The smallest absolute Gasteiger partial charge is 0.123 e. The summed E-state index contributed by atoms with van der Waals surface area (Å²) in [4.78, 5) is 2.67. The van der Waals surface area contributed by atoms with E-state index in [-0.39, 0.29) is 0 Å². The molecule has 0 atom stereocenters. The molecule has 2 aliphatic rings. The van der Waals surface area contributed by atoms with Crippen LogP contribution in [0.5, 0.6) is 5.75 Å². The number of benzene rings is 1. The minimum absolute atomic E-state index is 0.666. The fourth-order valence-electron chi connectivity index (χ4n) is 3.11. The third kappa shape index (κ3) is 3.53. The van der Waals surface area contributed by atoms with Crippen molar-refractivity contribution < 1.29 is 4.74 Å². The van der Waals surface area contributed by atoms with Crippen molar-refractivity contribution in [1.29, 1.82) is 0 Å². The van der Waals surface area contributed by atoms with Crippen molar-refractivity contribution in [3.63, 3.8) is 0 Å². The number of hydrogen-bond acceptors (Lipinski definition) is 3. The van der Waals surface area contributed by atoms with Crippen molar-refractivity contribution in [2.24, 2.45) is 0 Å². The van der Waals surface area contributed by atoms with Crippen LogP contribution in [-0.2, 0) is 6.54 Å². The van der Waals surface area contributed by atoms with Gasteiger partial charge < -0.3 is 15.0 Å². The Labute approximate surface area is 122 Å².